The maximum Gasteiger partial charge on any atom is 0.410 e. The first-order valence-corrected chi connectivity index (χ1v) is 6.79. The third-order valence-electron chi connectivity index (χ3n) is 3.27. The standard InChI is InChI=1S/C14H16N2O5/c17-13(8-16-5-6-19-14(16)18)15-7-10-9-20-11-3-1-2-4-12(11)21-10/h1-4,10H,5-9H2,(H,15,17). The predicted octanol–water partition coefficient (Wildman–Crippen LogP) is 0.395. The lowest BCUT2D eigenvalue weighted by Gasteiger charge is -2.26. The Balaban J connectivity index is 1.45. The Morgan fingerprint density at radius 3 is 2.86 bits per heavy atom. The maximum absolute atomic E-state index is 11.8. The Hall–Kier alpha value is -2.44. The number of amides is 2. The van der Waals surface area contributed by atoms with Crippen LogP contribution in [0.25, 0.3) is 0 Å². The zero-order valence-electron chi connectivity index (χ0n) is 11.4. The Morgan fingerprint density at radius 2 is 2.10 bits per heavy atom. The molecule has 1 unspecified atom stereocenters. The van der Waals surface area contributed by atoms with Gasteiger partial charge < -0.3 is 19.5 Å². The minimum atomic E-state index is -0.448. The van der Waals surface area contributed by atoms with Crippen molar-refractivity contribution in [1.82, 2.24) is 10.2 Å². The van der Waals surface area contributed by atoms with Gasteiger partial charge in [-0.25, -0.2) is 4.79 Å². The van der Waals surface area contributed by atoms with Gasteiger partial charge in [-0.05, 0) is 12.1 Å². The highest BCUT2D eigenvalue weighted by molar-refractivity contribution is 5.82. The number of ether oxygens (including phenoxy) is 3. The summed E-state index contributed by atoms with van der Waals surface area (Å²) >= 11 is 0. The second kappa shape index (κ2) is 5.90. The molecule has 112 valence electrons. The van der Waals surface area contributed by atoms with Crippen molar-refractivity contribution in [2.75, 3.05) is 32.8 Å². The third kappa shape index (κ3) is 3.18. The molecule has 0 spiro atoms. The highest BCUT2D eigenvalue weighted by atomic mass is 16.6. The van der Waals surface area contributed by atoms with Crippen molar-refractivity contribution in [1.29, 1.82) is 0 Å². The molecule has 2 amide bonds. The van der Waals surface area contributed by atoms with E-state index in [4.69, 9.17) is 14.2 Å². The summed E-state index contributed by atoms with van der Waals surface area (Å²) in [5, 5.41) is 2.74. The molecule has 1 N–H and O–H groups in total. The van der Waals surface area contributed by atoms with Crippen LogP contribution < -0.4 is 14.8 Å². The number of para-hydroxylation sites is 2. The van der Waals surface area contributed by atoms with Gasteiger partial charge in [-0.3, -0.25) is 9.69 Å². The van der Waals surface area contributed by atoms with E-state index in [1.54, 1.807) is 0 Å². The van der Waals surface area contributed by atoms with E-state index < -0.39 is 6.09 Å². The lowest BCUT2D eigenvalue weighted by atomic mass is 10.2. The van der Waals surface area contributed by atoms with Gasteiger partial charge in [0.25, 0.3) is 0 Å². The number of hydrogen-bond acceptors (Lipinski definition) is 5. The fourth-order valence-corrected chi connectivity index (χ4v) is 2.19. The van der Waals surface area contributed by atoms with Crippen LogP contribution in [0.2, 0.25) is 0 Å². The molecule has 3 rings (SSSR count). The lowest BCUT2D eigenvalue weighted by Crippen LogP contribution is -2.44. The number of nitrogens with one attached hydrogen (secondary N) is 1. The molecule has 0 aliphatic carbocycles. The molecular weight excluding hydrogens is 276 g/mol. The van der Waals surface area contributed by atoms with Crippen LogP contribution in [0.4, 0.5) is 4.79 Å². The van der Waals surface area contributed by atoms with Crippen molar-refractivity contribution >= 4 is 12.0 Å². The van der Waals surface area contributed by atoms with E-state index in [1.807, 2.05) is 24.3 Å². The minimum absolute atomic E-state index is 0.00297. The molecule has 7 heteroatoms. The lowest BCUT2D eigenvalue weighted by molar-refractivity contribution is -0.122. The highest BCUT2D eigenvalue weighted by Crippen LogP contribution is 2.30. The van der Waals surface area contributed by atoms with E-state index in [-0.39, 0.29) is 18.6 Å². The normalized spacial score (nSPS) is 20.1. The van der Waals surface area contributed by atoms with E-state index in [0.29, 0.717) is 37.8 Å². The molecule has 0 radical (unpaired) electrons. The fourth-order valence-electron chi connectivity index (χ4n) is 2.19. The van der Waals surface area contributed by atoms with Crippen LogP contribution in [0.15, 0.2) is 24.3 Å². The number of cyclic esters (lactones) is 1. The zero-order chi connectivity index (χ0) is 14.7. The molecule has 2 aliphatic rings. The van der Waals surface area contributed by atoms with Gasteiger partial charge in [0.1, 0.15) is 25.9 Å². The topological polar surface area (TPSA) is 77.1 Å². The van der Waals surface area contributed by atoms with Gasteiger partial charge in [0.05, 0.1) is 13.1 Å². The van der Waals surface area contributed by atoms with Crippen LogP contribution in [0, 0.1) is 0 Å². The molecule has 2 heterocycles. The summed E-state index contributed by atoms with van der Waals surface area (Å²) < 4.78 is 16.0. The Morgan fingerprint density at radius 1 is 1.29 bits per heavy atom. The van der Waals surface area contributed by atoms with Crippen molar-refractivity contribution in [3.8, 4) is 11.5 Å². The van der Waals surface area contributed by atoms with E-state index >= 15 is 0 Å². The Bertz CT molecular complexity index is 548. The fraction of sp³-hybridized carbons (Fsp3) is 0.429. The van der Waals surface area contributed by atoms with Gasteiger partial charge in [0, 0.05) is 0 Å². The molecule has 1 fully saturated rings. The molecular formula is C14H16N2O5. The number of carbonyl (C=O) groups is 2. The van der Waals surface area contributed by atoms with E-state index in [0.717, 1.165) is 0 Å². The molecule has 0 aromatic heterocycles. The molecule has 1 saturated heterocycles. The number of benzene rings is 1. The molecule has 0 saturated carbocycles. The van der Waals surface area contributed by atoms with Gasteiger partial charge in [0.2, 0.25) is 5.91 Å². The zero-order valence-corrected chi connectivity index (χ0v) is 11.4. The quantitative estimate of drug-likeness (QED) is 0.869. The molecule has 0 bridgehead atoms. The number of hydrogen-bond donors (Lipinski definition) is 1. The van der Waals surface area contributed by atoms with Crippen molar-refractivity contribution in [2.24, 2.45) is 0 Å². The number of fused-ring (bicyclic) bond motifs is 1. The summed E-state index contributed by atoms with van der Waals surface area (Å²) in [5.74, 6) is 1.14. The van der Waals surface area contributed by atoms with Crippen LogP contribution in [0.3, 0.4) is 0 Å². The molecule has 2 aliphatic heterocycles. The van der Waals surface area contributed by atoms with E-state index in [2.05, 4.69) is 5.32 Å². The van der Waals surface area contributed by atoms with Gasteiger partial charge in [-0.15, -0.1) is 0 Å². The van der Waals surface area contributed by atoms with Crippen molar-refractivity contribution in [2.45, 2.75) is 6.10 Å². The largest absolute Gasteiger partial charge is 0.486 e. The monoisotopic (exact) mass is 292 g/mol. The van der Waals surface area contributed by atoms with Gasteiger partial charge in [0.15, 0.2) is 11.5 Å². The Kier molecular flexibility index (Phi) is 3.81. The van der Waals surface area contributed by atoms with Crippen LogP contribution in [0.5, 0.6) is 11.5 Å². The molecule has 1 atom stereocenters. The van der Waals surface area contributed by atoms with Crippen molar-refractivity contribution in [3.05, 3.63) is 24.3 Å². The molecule has 1 aromatic rings. The first-order chi connectivity index (χ1) is 10.2. The SMILES string of the molecule is O=C(CN1CCOC1=O)NCC1COc2ccccc2O1. The number of carbonyl (C=O) groups excluding carboxylic acids is 2. The third-order valence-corrected chi connectivity index (χ3v) is 3.27. The van der Waals surface area contributed by atoms with Gasteiger partial charge >= 0.3 is 6.09 Å². The first-order valence-electron chi connectivity index (χ1n) is 6.79. The average Bonchev–Trinajstić information content (AvgIpc) is 2.90. The Labute approximate surface area is 121 Å². The van der Waals surface area contributed by atoms with Crippen LogP contribution in [-0.4, -0.2) is 55.9 Å². The van der Waals surface area contributed by atoms with E-state index in [9.17, 15) is 9.59 Å². The molecule has 1 aromatic carbocycles. The summed E-state index contributed by atoms with van der Waals surface area (Å²) in [6.45, 7) is 1.49. The van der Waals surface area contributed by atoms with Crippen molar-refractivity contribution in [3.63, 3.8) is 0 Å². The minimum Gasteiger partial charge on any atom is -0.486 e. The summed E-state index contributed by atoms with van der Waals surface area (Å²) in [6.07, 6.45) is -0.689. The van der Waals surface area contributed by atoms with Crippen LogP contribution in [0.1, 0.15) is 0 Å². The summed E-state index contributed by atoms with van der Waals surface area (Å²) in [6, 6.07) is 7.40. The maximum atomic E-state index is 11.8. The molecule has 7 nitrogen and oxygen atoms in total. The summed E-state index contributed by atoms with van der Waals surface area (Å²) in [7, 11) is 0. The van der Waals surface area contributed by atoms with Crippen LogP contribution in [-0.2, 0) is 9.53 Å². The average molecular weight is 292 g/mol. The van der Waals surface area contributed by atoms with Gasteiger partial charge in [-0.2, -0.15) is 0 Å². The second-order valence-corrected chi connectivity index (χ2v) is 4.84. The van der Waals surface area contributed by atoms with Crippen molar-refractivity contribution < 1.29 is 23.8 Å². The summed E-state index contributed by atoms with van der Waals surface area (Å²) in [5.41, 5.74) is 0. The van der Waals surface area contributed by atoms with E-state index in [1.165, 1.54) is 4.90 Å². The first kappa shape index (κ1) is 13.5. The molecule has 21 heavy (non-hydrogen) atoms. The highest BCUT2D eigenvalue weighted by Gasteiger charge is 2.25. The predicted molar refractivity (Wildman–Crippen MR) is 72.3 cm³/mol. The smallest absolute Gasteiger partial charge is 0.410 e. The van der Waals surface area contributed by atoms with Crippen LogP contribution >= 0.6 is 0 Å². The van der Waals surface area contributed by atoms with Gasteiger partial charge in [-0.1, -0.05) is 12.1 Å². The summed E-state index contributed by atoms with van der Waals surface area (Å²) in [4.78, 5) is 24.4. The number of rotatable bonds is 4. The number of nitrogens with zero attached hydrogens (tertiary/aromatic N) is 1. The second-order valence-electron chi connectivity index (χ2n) is 4.84.